The molecule has 3 aromatic heterocycles. The number of hydrogen-bond donors (Lipinski definition) is 2. The maximum absolute atomic E-state index is 12.6. The van der Waals surface area contributed by atoms with E-state index in [0.29, 0.717) is 24.2 Å². The highest BCUT2D eigenvalue weighted by Gasteiger charge is 2.25. The number of nitrogens with zero attached hydrogens (tertiary/aromatic N) is 3. The Kier molecular flexibility index (Phi) is 6.00. The highest BCUT2D eigenvalue weighted by molar-refractivity contribution is 7.09. The van der Waals surface area contributed by atoms with Crippen molar-refractivity contribution in [3.63, 3.8) is 0 Å². The average molecular weight is 410 g/mol. The van der Waals surface area contributed by atoms with E-state index in [0.717, 1.165) is 31.5 Å². The number of pyridine rings is 1. The molecule has 1 aliphatic heterocycles. The number of rotatable bonds is 7. The van der Waals surface area contributed by atoms with E-state index in [2.05, 4.69) is 26.8 Å². The number of thiophene rings is 1. The minimum Gasteiger partial charge on any atom is -0.352 e. The van der Waals surface area contributed by atoms with E-state index in [1.165, 1.54) is 4.88 Å². The molecule has 0 unspecified atom stereocenters. The van der Waals surface area contributed by atoms with Crippen LogP contribution < -0.4 is 10.6 Å². The van der Waals surface area contributed by atoms with Crippen molar-refractivity contribution >= 4 is 23.2 Å². The van der Waals surface area contributed by atoms with Crippen LogP contribution in [0.25, 0.3) is 0 Å². The summed E-state index contributed by atoms with van der Waals surface area (Å²) in [6, 6.07) is 7.58. The second kappa shape index (κ2) is 9.00. The normalized spacial score (nSPS) is 15.5. The Bertz CT molecular complexity index is 968. The van der Waals surface area contributed by atoms with Crippen LogP contribution in [0, 0.1) is 5.92 Å². The van der Waals surface area contributed by atoms with Gasteiger partial charge in [-0.1, -0.05) is 6.07 Å². The fourth-order valence-corrected chi connectivity index (χ4v) is 4.26. The molecule has 0 bridgehead atoms. The first-order valence-electron chi connectivity index (χ1n) is 9.74. The van der Waals surface area contributed by atoms with Gasteiger partial charge in [0.2, 0.25) is 0 Å². The lowest BCUT2D eigenvalue weighted by Gasteiger charge is -2.24. The molecule has 0 saturated heterocycles. The van der Waals surface area contributed by atoms with E-state index in [9.17, 15) is 9.59 Å². The standard InChI is InChI=1S/C21H23N5O2S/c27-20(16-3-1-7-22-13-16)24-12-15-6-9-26-19(11-15)18(14-25-26)21(28)23-8-5-17-4-2-10-29-17/h1-4,7,10,13-15H,5-6,8-9,11-12H2,(H,23,28)(H,24,27)/t15-/m0/s1. The van der Waals surface area contributed by atoms with Crippen molar-refractivity contribution in [3.05, 3.63) is 69.9 Å². The summed E-state index contributed by atoms with van der Waals surface area (Å²) in [4.78, 5) is 30.1. The van der Waals surface area contributed by atoms with Crippen LogP contribution in [0.3, 0.4) is 0 Å². The summed E-state index contributed by atoms with van der Waals surface area (Å²) in [6.07, 6.45) is 7.33. The summed E-state index contributed by atoms with van der Waals surface area (Å²) in [5.41, 5.74) is 2.14. The summed E-state index contributed by atoms with van der Waals surface area (Å²) in [5, 5.41) is 12.4. The third-order valence-electron chi connectivity index (χ3n) is 5.14. The van der Waals surface area contributed by atoms with E-state index in [-0.39, 0.29) is 17.7 Å². The number of aryl methyl sites for hydroxylation is 1. The van der Waals surface area contributed by atoms with Gasteiger partial charge in [0.1, 0.15) is 0 Å². The first-order chi connectivity index (χ1) is 14.2. The molecule has 0 aliphatic carbocycles. The molecule has 0 radical (unpaired) electrons. The van der Waals surface area contributed by atoms with Gasteiger partial charge in [0, 0.05) is 36.9 Å². The SMILES string of the molecule is O=C(NC[C@H]1CCn2ncc(C(=O)NCCc3cccs3)c2C1)c1cccnc1. The quantitative estimate of drug-likeness (QED) is 0.627. The largest absolute Gasteiger partial charge is 0.352 e. The van der Waals surface area contributed by atoms with Crippen molar-refractivity contribution in [2.75, 3.05) is 13.1 Å². The second-order valence-corrected chi connectivity index (χ2v) is 8.16. The molecule has 0 saturated carbocycles. The van der Waals surface area contributed by atoms with E-state index >= 15 is 0 Å². The molecule has 0 spiro atoms. The molecular formula is C21H23N5O2S. The number of aromatic nitrogens is 3. The van der Waals surface area contributed by atoms with Gasteiger partial charge in [0.15, 0.2) is 0 Å². The Labute approximate surface area is 173 Å². The number of carbonyl (C=O) groups excluding carboxylic acids is 2. The van der Waals surface area contributed by atoms with Crippen molar-refractivity contribution in [1.82, 2.24) is 25.4 Å². The molecular weight excluding hydrogens is 386 g/mol. The number of nitrogens with one attached hydrogen (secondary N) is 2. The molecule has 0 fully saturated rings. The Hall–Kier alpha value is -3.00. The second-order valence-electron chi connectivity index (χ2n) is 7.12. The maximum atomic E-state index is 12.6. The van der Waals surface area contributed by atoms with Crippen molar-refractivity contribution < 1.29 is 9.59 Å². The lowest BCUT2D eigenvalue weighted by Crippen LogP contribution is -2.34. The van der Waals surface area contributed by atoms with Crippen LogP contribution in [0.1, 0.15) is 37.7 Å². The molecule has 1 atom stereocenters. The Balaban J connectivity index is 1.32. The van der Waals surface area contributed by atoms with Gasteiger partial charge in [-0.3, -0.25) is 19.3 Å². The third kappa shape index (κ3) is 4.71. The van der Waals surface area contributed by atoms with Crippen LogP contribution in [-0.2, 0) is 19.4 Å². The highest BCUT2D eigenvalue weighted by Crippen LogP contribution is 2.23. The fraction of sp³-hybridized carbons (Fsp3) is 0.333. The first-order valence-corrected chi connectivity index (χ1v) is 10.6. The average Bonchev–Trinajstić information content (AvgIpc) is 3.42. The Morgan fingerprint density at radius 2 is 2.10 bits per heavy atom. The van der Waals surface area contributed by atoms with Crippen LogP contribution >= 0.6 is 11.3 Å². The van der Waals surface area contributed by atoms with Crippen LogP contribution in [0.5, 0.6) is 0 Å². The molecule has 150 valence electrons. The van der Waals surface area contributed by atoms with Crippen molar-refractivity contribution in [1.29, 1.82) is 0 Å². The van der Waals surface area contributed by atoms with Crippen LogP contribution in [0.15, 0.2) is 48.2 Å². The molecule has 1 aliphatic rings. The van der Waals surface area contributed by atoms with Crippen LogP contribution in [0.4, 0.5) is 0 Å². The van der Waals surface area contributed by atoms with Gasteiger partial charge in [-0.15, -0.1) is 11.3 Å². The zero-order valence-corrected chi connectivity index (χ0v) is 16.8. The van der Waals surface area contributed by atoms with Gasteiger partial charge in [-0.2, -0.15) is 5.10 Å². The van der Waals surface area contributed by atoms with Crippen molar-refractivity contribution in [2.24, 2.45) is 5.92 Å². The lowest BCUT2D eigenvalue weighted by molar-refractivity contribution is 0.0935. The smallest absolute Gasteiger partial charge is 0.254 e. The summed E-state index contributed by atoms with van der Waals surface area (Å²) < 4.78 is 1.91. The lowest BCUT2D eigenvalue weighted by atomic mass is 9.94. The van der Waals surface area contributed by atoms with Gasteiger partial charge in [0.05, 0.1) is 23.0 Å². The molecule has 2 N–H and O–H groups in total. The predicted molar refractivity (Wildman–Crippen MR) is 111 cm³/mol. The summed E-state index contributed by atoms with van der Waals surface area (Å²) >= 11 is 1.70. The van der Waals surface area contributed by atoms with Gasteiger partial charge >= 0.3 is 0 Å². The topological polar surface area (TPSA) is 88.9 Å². The monoisotopic (exact) mass is 409 g/mol. The number of fused-ring (bicyclic) bond motifs is 1. The fourth-order valence-electron chi connectivity index (χ4n) is 3.55. The van der Waals surface area contributed by atoms with Crippen molar-refractivity contribution in [3.8, 4) is 0 Å². The Morgan fingerprint density at radius 3 is 2.90 bits per heavy atom. The van der Waals surface area contributed by atoms with E-state index in [1.54, 1.807) is 42.1 Å². The number of amides is 2. The molecule has 4 heterocycles. The predicted octanol–water partition coefficient (Wildman–Crippen LogP) is 2.30. The minimum absolute atomic E-state index is 0.0807. The van der Waals surface area contributed by atoms with Gasteiger partial charge in [-0.25, -0.2) is 0 Å². The van der Waals surface area contributed by atoms with Gasteiger partial charge in [-0.05, 0) is 48.8 Å². The zero-order valence-electron chi connectivity index (χ0n) is 16.0. The number of carbonyl (C=O) groups is 2. The molecule has 8 heteroatoms. The molecule has 0 aromatic carbocycles. The third-order valence-corrected chi connectivity index (χ3v) is 6.07. The zero-order chi connectivity index (χ0) is 20.1. The van der Waals surface area contributed by atoms with E-state index in [1.807, 2.05) is 16.1 Å². The summed E-state index contributed by atoms with van der Waals surface area (Å²) in [7, 11) is 0. The van der Waals surface area contributed by atoms with Crippen LogP contribution in [0.2, 0.25) is 0 Å². The molecule has 2 amide bonds. The maximum Gasteiger partial charge on any atom is 0.254 e. The van der Waals surface area contributed by atoms with Gasteiger partial charge < -0.3 is 10.6 Å². The number of hydrogen-bond acceptors (Lipinski definition) is 5. The van der Waals surface area contributed by atoms with Crippen molar-refractivity contribution in [2.45, 2.75) is 25.8 Å². The Morgan fingerprint density at radius 1 is 1.17 bits per heavy atom. The molecule has 3 aromatic rings. The van der Waals surface area contributed by atoms with Gasteiger partial charge in [0.25, 0.3) is 11.8 Å². The van der Waals surface area contributed by atoms with Crippen LogP contribution in [-0.4, -0.2) is 39.7 Å². The highest BCUT2D eigenvalue weighted by atomic mass is 32.1. The summed E-state index contributed by atoms with van der Waals surface area (Å²) in [6.45, 7) is 1.93. The first kappa shape index (κ1) is 19.3. The molecule has 4 rings (SSSR count). The molecule has 29 heavy (non-hydrogen) atoms. The summed E-state index contributed by atoms with van der Waals surface area (Å²) in [5.74, 6) is 0.0732. The van der Waals surface area contributed by atoms with E-state index in [4.69, 9.17) is 0 Å². The molecule has 7 nitrogen and oxygen atoms in total. The minimum atomic E-state index is -0.122. The van der Waals surface area contributed by atoms with E-state index < -0.39 is 0 Å².